The Balaban J connectivity index is 2.58. The smallest absolute Gasteiger partial charge is 0.163 e. The molecule has 0 aliphatic rings. The highest BCUT2D eigenvalue weighted by atomic mass is 79.9. The minimum Gasteiger partial charge on any atom is -0.373 e. The standard InChI is InChI=1S/C14H17BrN4/c1-8(2)12-9(3)18-13(19-14(12)16-4)10-5-11(15)7-17-6-10/h5-8H,1-4H3,(H,16,18,19). The van der Waals surface area contributed by atoms with Crippen LogP contribution in [0.2, 0.25) is 0 Å². The average molecular weight is 321 g/mol. The second kappa shape index (κ2) is 5.65. The zero-order chi connectivity index (χ0) is 14.0. The van der Waals surface area contributed by atoms with Crippen molar-refractivity contribution in [2.75, 3.05) is 12.4 Å². The number of anilines is 1. The fourth-order valence-electron chi connectivity index (χ4n) is 2.13. The fourth-order valence-corrected chi connectivity index (χ4v) is 2.49. The third-order valence-electron chi connectivity index (χ3n) is 2.91. The van der Waals surface area contributed by atoms with E-state index < -0.39 is 0 Å². The van der Waals surface area contributed by atoms with Gasteiger partial charge < -0.3 is 5.32 Å². The molecule has 2 rings (SSSR count). The van der Waals surface area contributed by atoms with Gasteiger partial charge in [0, 0.05) is 40.7 Å². The second-order valence-electron chi connectivity index (χ2n) is 4.69. The third-order valence-corrected chi connectivity index (χ3v) is 3.35. The van der Waals surface area contributed by atoms with Crippen LogP contribution in [-0.2, 0) is 0 Å². The molecule has 19 heavy (non-hydrogen) atoms. The van der Waals surface area contributed by atoms with Gasteiger partial charge in [-0.15, -0.1) is 0 Å². The number of hydrogen-bond acceptors (Lipinski definition) is 4. The summed E-state index contributed by atoms with van der Waals surface area (Å²) >= 11 is 3.42. The Morgan fingerprint density at radius 3 is 2.53 bits per heavy atom. The van der Waals surface area contributed by atoms with Gasteiger partial charge in [0.25, 0.3) is 0 Å². The average Bonchev–Trinajstić information content (AvgIpc) is 2.37. The first-order chi connectivity index (χ1) is 9.02. The zero-order valence-electron chi connectivity index (χ0n) is 11.5. The number of hydrogen-bond donors (Lipinski definition) is 1. The van der Waals surface area contributed by atoms with E-state index in [9.17, 15) is 0 Å². The Bertz CT molecular complexity index is 596. The Kier molecular flexibility index (Phi) is 4.14. The topological polar surface area (TPSA) is 50.7 Å². The molecular formula is C14H17BrN4. The van der Waals surface area contributed by atoms with Crippen LogP contribution in [0.5, 0.6) is 0 Å². The largest absolute Gasteiger partial charge is 0.373 e. The van der Waals surface area contributed by atoms with Gasteiger partial charge in [0.05, 0.1) is 0 Å². The number of aryl methyl sites for hydroxylation is 1. The van der Waals surface area contributed by atoms with Crippen molar-refractivity contribution in [3.63, 3.8) is 0 Å². The van der Waals surface area contributed by atoms with E-state index in [0.29, 0.717) is 11.7 Å². The molecule has 4 nitrogen and oxygen atoms in total. The maximum absolute atomic E-state index is 4.60. The Labute approximate surface area is 121 Å². The lowest BCUT2D eigenvalue weighted by molar-refractivity contribution is 0.833. The van der Waals surface area contributed by atoms with Gasteiger partial charge in [-0.2, -0.15) is 0 Å². The summed E-state index contributed by atoms with van der Waals surface area (Å²) in [5.74, 6) is 1.97. The molecule has 1 N–H and O–H groups in total. The molecule has 100 valence electrons. The molecule has 0 saturated carbocycles. The molecular weight excluding hydrogens is 304 g/mol. The molecule has 0 radical (unpaired) electrons. The Hall–Kier alpha value is -1.49. The quantitative estimate of drug-likeness (QED) is 0.935. The minimum absolute atomic E-state index is 0.386. The summed E-state index contributed by atoms with van der Waals surface area (Å²) in [6.45, 7) is 6.31. The van der Waals surface area contributed by atoms with E-state index in [0.717, 1.165) is 27.1 Å². The van der Waals surface area contributed by atoms with Gasteiger partial charge in [-0.1, -0.05) is 13.8 Å². The molecule has 0 spiro atoms. The lowest BCUT2D eigenvalue weighted by atomic mass is 10.0. The summed E-state index contributed by atoms with van der Waals surface area (Å²) in [5.41, 5.74) is 3.07. The number of nitrogens with zero attached hydrogens (tertiary/aromatic N) is 3. The highest BCUT2D eigenvalue weighted by Gasteiger charge is 2.14. The first-order valence-corrected chi connectivity index (χ1v) is 6.99. The molecule has 2 aromatic heterocycles. The minimum atomic E-state index is 0.386. The van der Waals surface area contributed by atoms with E-state index in [4.69, 9.17) is 0 Å². The van der Waals surface area contributed by atoms with Crippen molar-refractivity contribution in [2.45, 2.75) is 26.7 Å². The van der Waals surface area contributed by atoms with Crippen LogP contribution >= 0.6 is 15.9 Å². The maximum atomic E-state index is 4.60. The van der Waals surface area contributed by atoms with Crippen LogP contribution in [0.3, 0.4) is 0 Å². The molecule has 0 aliphatic heterocycles. The fraction of sp³-hybridized carbons (Fsp3) is 0.357. The van der Waals surface area contributed by atoms with E-state index in [1.54, 1.807) is 12.4 Å². The van der Waals surface area contributed by atoms with Crippen molar-refractivity contribution in [2.24, 2.45) is 0 Å². The lowest BCUT2D eigenvalue weighted by Gasteiger charge is -2.15. The predicted molar refractivity (Wildman–Crippen MR) is 81.3 cm³/mol. The summed E-state index contributed by atoms with van der Waals surface area (Å²) in [6.07, 6.45) is 3.52. The van der Waals surface area contributed by atoms with Crippen LogP contribution in [0.15, 0.2) is 22.9 Å². The molecule has 5 heteroatoms. The number of aromatic nitrogens is 3. The monoisotopic (exact) mass is 320 g/mol. The molecule has 0 fully saturated rings. The molecule has 0 bridgehead atoms. The van der Waals surface area contributed by atoms with Crippen LogP contribution < -0.4 is 5.32 Å². The van der Waals surface area contributed by atoms with Crippen LogP contribution in [-0.4, -0.2) is 22.0 Å². The van der Waals surface area contributed by atoms with E-state index in [-0.39, 0.29) is 0 Å². The van der Waals surface area contributed by atoms with Crippen molar-refractivity contribution in [1.29, 1.82) is 0 Å². The van der Waals surface area contributed by atoms with Gasteiger partial charge in [-0.25, -0.2) is 9.97 Å². The van der Waals surface area contributed by atoms with Crippen LogP contribution in [0.4, 0.5) is 5.82 Å². The van der Waals surface area contributed by atoms with Gasteiger partial charge >= 0.3 is 0 Å². The maximum Gasteiger partial charge on any atom is 0.163 e. The molecule has 0 atom stereocenters. The molecule has 0 saturated heterocycles. The first-order valence-electron chi connectivity index (χ1n) is 6.20. The highest BCUT2D eigenvalue weighted by Crippen LogP contribution is 2.28. The van der Waals surface area contributed by atoms with Gasteiger partial charge in [0.15, 0.2) is 5.82 Å². The summed E-state index contributed by atoms with van der Waals surface area (Å²) in [7, 11) is 1.89. The van der Waals surface area contributed by atoms with Crippen LogP contribution in [0.1, 0.15) is 31.0 Å². The molecule has 0 aliphatic carbocycles. The predicted octanol–water partition coefficient (Wildman–Crippen LogP) is 3.77. The molecule has 2 aromatic rings. The second-order valence-corrected chi connectivity index (χ2v) is 5.61. The highest BCUT2D eigenvalue weighted by molar-refractivity contribution is 9.10. The summed E-state index contributed by atoms with van der Waals surface area (Å²) in [6, 6.07) is 1.97. The Morgan fingerprint density at radius 2 is 1.95 bits per heavy atom. The number of halogens is 1. The van der Waals surface area contributed by atoms with Crippen molar-refractivity contribution in [1.82, 2.24) is 15.0 Å². The van der Waals surface area contributed by atoms with Crippen LogP contribution in [0, 0.1) is 6.92 Å². The SMILES string of the molecule is CNc1nc(-c2cncc(Br)c2)nc(C)c1C(C)C. The summed E-state index contributed by atoms with van der Waals surface area (Å²) < 4.78 is 0.921. The molecule has 0 unspecified atom stereocenters. The van der Waals surface area contributed by atoms with E-state index in [2.05, 4.69) is 50.0 Å². The molecule has 0 aromatic carbocycles. The van der Waals surface area contributed by atoms with Gasteiger partial charge in [-0.3, -0.25) is 4.98 Å². The number of nitrogens with one attached hydrogen (secondary N) is 1. The lowest BCUT2D eigenvalue weighted by Crippen LogP contribution is -2.07. The van der Waals surface area contributed by atoms with E-state index in [1.165, 1.54) is 0 Å². The normalized spacial score (nSPS) is 10.8. The number of rotatable bonds is 3. The summed E-state index contributed by atoms with van der Waals surface area (Å²) in [4.78, 5) is 13.4. The summed E-state index contributed by atoms with van der Waals surface area (Å²) in [5, 5.41) is 3.16. The third kappa shape index (κ3) is 2.92. The van der Waals surface area contributed by atoms with Crippen molar-refractivity contribution in [3.8, 4) is 11.4 Å². The van der Waals surface area contributed by atoms with Crippen molar-refractivity contribution in [3.05, 3.63) is 34.2 Å². The van der Waals surface area contributed by atoms with Crippen molar-refractivity contribution < 1.29 is 0 Å². The first kappa shape index (κ1) is 13.9. The van der Waals surface area contributed by atoms with Gasteiger partial charge in [-0.05, 0) is 34.8 Å². The van der Waals surface area contributed by atoms with Crippen molar-refractivity contribution >= 4 is 21.7 Å². The van der Waals surface area contributed by atoms with Crippen LogP contribution in [0.25, 0.3) is 11.4 Å². The molecule has 2 heterocycles. The van der Waals surface area contributed by atoms with E-state index in [1.807, 2.05) is 20.0 Å². The zero-order valence-corrected chi connectivity index (χ0v) is 13.1. The van der Waals surface area contributed by atoms with Gasteiger partial charge in [0.1, 0.15) is 5.82 Å². The van der Waals surface area contributed by atoms with E-state index >= 15 is 0 Å². The number of pyridine rings is 1. The molecule has 0 amide bonds. The van der Waals surface area contributed by atoms with Gasteiger partial charge in [0.2, 0.25) is 0 Å². The Morgan fingerprint density at radius 1 is 1.21 bits per heavy atom.